The zero-order valence-corrected chi connectivity index (χ0v) is 20.0. The first kappa shape index (κ1) is 28.8. The Morgan fingerprint density at radius 3 is 2.14 bits per heavy atom. The molecule has 1 unspecified atom stereocenters. The molecule has 0 saturated carbocycles. The van der Waals surface area contributed by atoms with Gasteiger partial charge in [0.05, 0.1) is 27.5 Å². The van der Waals surface area contributed by atoms with Crippen LogP contribution < -0.4 is 11.1 Å². The van der Waals surface area contributed by atoms with Gasteiger partial charge < -0.3 is 11.1 Å². The Morgan fingerprint density at radius 2 is 1.66 bits per heavy atom. The molecule has 2 aromatic carbocycles. The molecule has 4 nitrogen and oxygen atoms in total. The zero-order valence-electron chi connectivity index (χ0n) is 17.7. The lowest BCUT2D eigenvalue weighted by molar-refractivity contribution is -0.139. The molecule has 0 aliphatic heterocycles. The van der Waals surface area contributed by atoms with E-state index in [1.54, 1.807) is 0 Å². The molecule has 2 aromatic rings. The third-order valence-electron chi connectivity index (χ3n) is 4.91. The number of carbonyl (C=O) groups is 2. The topological polar surface area (TPSA) is 72.2 Å². The van der Waals surface area contributed by atoms with Gasteiger partial charge in [0.15, 0.2) is 0 Å². The highest BCUT2D eigenvalue weighted by Gasteiger charge is 2.40. The van der Waals surface area contributed by atoms with Crippen LogP contribution in [0.5, 0.6) is 0 Å². The third kappa shape index (κ3) is 7.28. The quantitative estimate of drug-likeness (QED) is 0.272. The highest BCUT2D eigenvalue weighted by molar-refractivity contribution is 6.48. The van der Waals surface area contributed by atoms with Gasteiger partial charge in [0, 0.05) is 11.1 Å². The van der Waals surface area contributed by atoms with Gasteiger partial charge in [-0.25, -0.2) is 13.2 Å². The van der Waals surface area contributed by atoms with Gasteiger partial charge >= 0.3 is 6.18 Å². The molecule has 0 fully saturated rings. The molecule has 0 radical (unpaired) electrons. The van der Waals surface area contributed by atoms with E-state index in [-0.39, 0.29) is 32.3 Å². The van der Waals surface area contributed by atoms with E-state index in [4.69, 9.17) is 40.5 Å². The van der Waals surface area contributed by atoms with Crippen LogP contribution in [0.3, 0.4) is 0 Å². The molecule has 190 valence electrons. The van der Waals surface area contributed by atoms with Crippen LogP contribution in [0.15, 0.2) is 36.4 Å². The fraction of sp³-hybridized carbons (Fsp3) is 0.273. The van der Waals surface area contributed by atoms with E-state index in [9.17, 15) is 31.5 Å². The average Bonchev–Trinajstić information content (AvgIpc) is 2.77. The summed E-state index contributed by atoms with van der Waals surface area (Å²) < 4.78 is 81.2. The fourth-order valence-corrected chi connectivity index (χ4v) is 3.76. The number of hydrogen-bond donors (Lipinski definition) is 2. The molecular weight excluding hydrogens is 545 g/mol. The van der Waals surface area contributed by atoms with Gasteiger partial charge in [-0.1, -0.05) is 40.9 Å². The van der Waals surface area contributed by atoms with Crippen LogP contribution in [0.25, 0.3) is 5.83 Å². The summed E-state index contributed by atoms with van der Waals surface area (Å²) in [5.74, 6) is -7.03. The number of nitrogens with two attached hydrogens (primary N) is 1. The van der Waals surface area contributed by atoms with Crippen LogP contribution in [0.4, 0.5) is 26.3 Å². The molecule has 2 atom stereocenters. The molecule has 2 rings (SSSR count). The summed E-state index contributed by atoms with van der Waals surface area (Å²) in [6.45, 7) is 0.271. The second-order valence-electron chi connectivity index (χ2n) is 7.36. The predicted octanol–water partition coefficient (Wildman–Crippen LogP) is 6.89. The third-order valence-corrected chi connectivity index (χ3v) is 6.11. The minimum absolute atomic E-state index is 0.161. The van der Waals surface area contributed by atoms with Gasteiger partial charge in [-0.15, -0.1) is 0 Å². The van der Waals surface area contributed by atoms with E-state index in [0.717, 1.165) is 30.3 Å². The summed E-state index contributed by atoms with van der Waals surface area (Å²) in [6.07, 6.45) is -7.54. The predicted molar refractivity (Wildman–Crippen MR) is 122 cm³/mol. The summed E-state index contributed by atoms with van der Waals surface area (Å²) in [7, 11) is 0. The number of allylic oxidation sites excluding steroid dienone is 1. The van der Waals surface area contributed by atoms with Gasteiger partial charge in [-0.3, -0.25) is 9.59 Å². The number of hydrogen-bond acceptors (Lipinski definition) is 2. The lowest BCUT2D eigenvalue weighted by Gasteiger charge is -2.19. The van der Waals surface area contributed by atoms with E-state index >= 15 is 4.39 Å². The van der Waals surface area contributed by atoms with Crippen LogP contribution in [0, 0.1) is 0 Å². The molecule has 0 saturated heterocycles. The Morgan fingerprint density at radius 1 is 1.09 bits per heavy atom. The van der Waals surface area contributed by atoms with E-state index < -0.39 is 59.8 Å². The zero-order chi connectivity index (χ0) is 26.7. The maximum absolute atomic E-state index is 15.1. The largest absolute Gasteiger partial charge is 0.399 e. The number of primary amides is 1. The van der Waals surface area contributed by atoms with Gasteiger partial charge in [0.2, 0.25) is 11.8 Å². The first-order chi connectivity index (χ1) is 16.1. The van der Waals surface area contributed by atoms with Crippen molar-refractivity contribution in [3.8, 4) is 0 Å². The van der Waals surface area contributed by atoms with Crippen LogP contribution in [-0.4, -0.2) is 31.0 Å². The molecule has 0 aliphatic carbocycles. The molecule has 0 aromatic heterocycles. The molecular formula is C22H17Cl3F6N2O2. The second kappa shape index (κ2) is 11.5. The summed E-state index contributed by atoms with van der Waals surface area (Å²) >= 11 is 17.4. The number of rotatable bonds is 8. The summed E-state index contributed by atoms with van der Waals surface area (Å²) in [4.78, 5) is 24.0. The van der Waals surface area contributed by atoms with Crippen molar-refractivity contribution in [1.82, 2.24) is 5.32 Å². The highest BCUT2D eigenvalue weighted by Crippen LogP contribution is 2.42. The first-order valence-corrected chi connectivity index (χ1v) is 10.8. The SMILES string of the molecule is C[C@@H](C(=O)NCC(F)F)c1cc(/C(F)=C/C(c2cc(Cl)c(Cl)c(Cl)c2)C(F)(F)F)ccc1C(N)=O. The number of alkyl halides is 5. The van der Waals surface area contributed by atoms with Gasteiger partial charge in [0.25, 0.3) is 6.43 Å². The van der Waals surface area contributed by atoms with Crippen LogP contribution in [0.1, 0.15) is 45.8 Å². The Labute approximate surface area is 211 Å². The Balaban J connectivity index is 2.55. The second-order valence-corrected chi connectivity index (χ2v) is 8.55. The maximum Gasteiger partial charge on any atom is 0.399 e. The Kier molecular flexibility index (Phi) is 9.49. The van der Waals surface area contributed by atoms with Gasteiger partial charge in [0.1, 0.15) is 11.7 Å². The van der Waals surface area contributed by atoms with Crippen molar-refractivity contribution < 1.29 is 35.9 Å². The lowest BCUT2D eigenvalue weighted by Crippen LogP contribution is -2.32. The lowest BCUT2D eigenvalue weighted by atomic mass is 9.91. The number of carbonyl (C=O) groups excluding carboxylic acids is 2. The highest BCUT2D eigenvalue weighted by atomic mass is 35.5. The van der Waals surface area contributed by atoms with Crippen molar-refractivity contribution in [2.75, 3.05) is 6.54 Å². The van der Waals surface area contributed by atoms with E-state index in [0.29, 0.717) is 0 Å². The summed E-state index contributed by atoms with van der Waals surface area (Å²) in [5, 5.41) is 1.24. The standard InChI is InChI=1S/C22H17Cl3F6N2O2/c1-9(21(35)33-8-18(27)28)13-4-10(2-3-12(13)20(32)34)17(26)7-14(22(29,30)31)11-5-15(23)19(25)16(24)6-11/h2-7,9,14,18H,8H2,1H3,(H2,32,34)(H,33,35)/b17-7-/t9-,14?/m1/s1. The summed E-state index contributed by atoms with van der Waals surface area (Å²) in [6, 6.07) is 4.77. The van der Waals surface area contributed by atoms with Crippen LogP contribution in [-0.2, 0) is 4.79 Å². The van der Waals surface area contributed by atoms with Crippen LogP contribution in [0.2, 0.25) is 15.1 Å². The van der Waals surface area contributed by atoms with Crippen molar-refractivity contribution >= 4 is 52.4 Å². The minimum Gasteiger partial charge on any atom is -0.366 e. The molecule has 0 spiro atoms. The first-order valence-electron chi connectivity index (χ1n) is 9.71. The van der Waals surface area contributed by atoms with Crippen molar-refractivity contribution in [1.29, 1.82) is 0 Å². The molecule has 3 N–H and O–H groups in total. The molecule has 2 amide bonds. The smallest absolute Gasteiger partial charge is 0.366 e. The van der Waals surface area contributed by atoms with E-state index in [2.05, 4.69) is 0 Å². The number of benzene rings is 2. The van der Waals surface area contributed by atoms with Crippen molar-refractivity contribution in [3.63, 3.8) is 0 Å². The maximum atomic E-state index is 15.1. The van der Waals surface area contributed by atoms with Gasteiger partial charge in [-0.05, 0) is 48.4 Å². The normalized spacial score (nSPS) is 14.1. The van der Waals surface area contributed by atoms with Crippen molar-refractivity contribution in [3.05, 3.63) is 73.7 Å². The molecule has 0 bridgehead atoms. The summed E-state index contributed by atoms with van der Waals surface area (Å²) in [5.41, 5.74) is 3.98. The van der Waals surface area contributed by atoms with Crippen molar-refractivity contribution in [2.24, 2.45) is 5.73 Å². The van der Waals surface area contributed by atoms with E-state index in [1.165, 1.54) is 6.92 Å². The van der Waals surface area contributed by atoms with E-state index in [1.807, 2.05) is 5.32 Å². The molecule has 0 heterocycles. The van der Waals surface area contributed by atoms with Crippen molar-refractivity contribution in [2.45, 2.75) is 31.4 Å². The molecule has 0 aliphatic rings. The Bertz CT molecular complexity index is 1130. The van der Waals surface area contributed by atoms with Crippen LogP contribution >= 0.6 is 34.8 Å². The van der Waals surface area contributed by atoms with Gasteiger partial charge in [-0.2, -0.15) is 13.2 Å². The average molecular weight is 562 g/mol. The molecule has 35 heavy (non-hydrogen) atoms. The fourth-order valence-electron chi connectivity index (χ4n) is 3.14. The Hall–Kier alpha value is -2.43. The number of nitrogens with one attached hydrogen (secondary N) is 1. The molecule has 13 heteroatoms. The minimum atomic E-state index is -4.96. The number of halogens is 9. The monoisotopic (exact) mass is 560 g/mol. The number of amides is 2.